The van der Waals surface area contributed by atoms with Crippen molar-refractivity contribution in [3.63, 3.8) is 0 Å². The van der Waals surface area contributed by atoms with E-state index in [1.807, 2.05) is 0 Å². The summed E-state index contributed by atoms with van der Waals surface area (Å²) in [7, 11) is 0. The smallest absolute Gasteiger partial charge is 0.330 e. The first-order chi connectivity index (χ1) is 7.84. The second-order valence-electron chi connectivity index (χ2n) is 5.36. The van der Waals surface area contributed by atoms with Gasteiger partial charge in [-0.25, -0.2) is 0 Å². The van der Waals surface area contributed by atoms with Gasteiger partial charge >= 0.3 is 6.18 Å². The number of piperidine rings is 1. The average Bonchev–Trinajstić information content (AvgIpc) is 2.25. The number of nitrogens with two attached hydrogens (primary N) is 1. The Labute approximate surface area is 101 Å². The Morgan fingerprint density at radius 2 is 1.76 bits per heavy atom. The number of rotatable bonds is 4. The molecule has 1 saturated heterocycles. The van der Waals surface area contributed by atoms with E-state index in [0.29, 0.717) is 31.5 Å². The van der Waals surface area contributed by atoms with Gasteiger partial charge in [0, 0.05) is 6.54 Å². The molecule has 0 spiro atoms. The highest BCUT2D eigenvalue weighted by Gasteiger charge is 2.41. The Balaban J connectivity index is 2.37. The van der Waals surface area contributed by atoms with Gasteiger partial charge in [-0.15, -0.1) is 0 Å². The van der Waals surface area contributed by atoms with Gasteiger partial charge in [0.15, 0.2) is 0 Å². The summed E-state index contributed by atoms with van der Waals surface area (Å²) >= 11 is 0. The Hall–Kier alpha value is -0.290. The SMILES string of the molecule is CC(C)C(CN)CN1CCC(C(F)(F)F)CC1. The molecule has 0 aliphatic carbocycles. The molecule has 0 aromatic heterocycles. The maximum Gasteiger partial charge on any atom is 0.391 e. The van der Waals surface area contributed by atoms with Gasteiger partial charge in [0.05, 0.1) is 5.92 Å². The number of alkyl halides is 3. The summed E-state index contributed by atoms with van der Waals surface area (Å²) in [6.45, 7) is 6.76. The number of halogens is 3. The van der Waals surface area contributed by atoms with Crippen LogP contribution in [-0.4, -0.2) is 37.3 Å². The van der Waals surface area contributed by atoms with Gasteiger partial charge in [-0.05, 0) is 44.3 Å². The summed E-state index contributed by atoms with van der Waals surface area (Å²) < 4.78 is 37.5. The second kappa shape index (κ2) is 6.05. The van der Waals surface area contributed by atoms with Crippen molar-refractivity contribution in [1.29, 1.82) is 0 Å². The van der Waals surface area contributed by atoms with Gasteiger partial charge in [0.2, 0.25) is 0 Å². The van der Waals surface area contributed by atoms with Crippen molar-refractivity contribution in [2.24, 2.45) is 23.5 Å². The topological polar surface area (TPSA) is 29.3 Å². The van der Waals surface area contributed by atoms with E-state index in [0.717, 1.165) is 6.54 Å². The molecule has 1 aliphatic heterocycles. The third-order valence-electron chi connectivity index (χ3n) is 3.79. The van der Waals surface area contributed by atoms with Crippen LogP contribution in [0.1, 0.15) is 26.7 Å². The highest BCUT2D eigenvalue weighted by Crippen LogP contribution is 2.34. The lowest BCUT2D eigenvalue weighted by atomic mass is 9.92. The number of hydrogen-bond donors (Lipinski definition) is 1. The first-order valence-electron chi connectivity index (χ1n) is 6.33. The van der Waals surface area contributed by atoms with E-state index in [9.17, 15) is 13.2 Å². The van der Waals surface area contributed by atoms with Crippen LogP contribution in [-0.2, 0) is 0 Å². The normalized spacial score (nSPS) is 22.1. The van der Waals surface area contributed by atoms with Crippen LogP contribution in [0.4, 0.5) is 13.2 Å². The second-order valence-corrected chi connectivity index (χ2v) is 5.36. The van der Waals surface area contributed by atoms with Crippen LogP contribution in [0.2, 0.25) is 0 Å². The molecule has 1 atom stereocenters. The van der Waals surface area contributed by atoms with Gasteiger partial charge in [-0.1, -0.05) is 13.8 Å². The largest absolute Gasteiger partial charge is 0.391 e. The van der Waals surface area contributed by atoms with E-state index in [1.165, 1.54) is 0 Å². The molecular weight excluding hydrogens is 229 g/mol. The number of likely N-dealkylation sites (tertiary alicyclic amines) is 1. The Kier molecular flexibility index (Phi) is 5.25. The van der Waals surface area contributed by atoms with Crippen molar-refractivity contribution in [2.75, 3.05) is 26.2 Å². The maximum absolute atomic E-state index is 12.5. The van der Waals surface area contributed by atoms with Crippen LogP contribution in [0.5, 0.6) is 0 Å². The lowest BCUT2D eigenvalue weighted by Gasteiger charge is -2.35. The lowest BCUT2D eigenvalue weighted by molar-refractivity contribution is -0.185. The van der Waals surface area contributed by atoms with E-state index in [-0.39, 0.29) is 12.8 Å². The van der Waals surface area contributed by atoms with Crippen molar-refractivity contribution in [3.05, 3.63) is 0 Å². The van der Waals surface area contributed by atoms with Crippen LogP contribution in [0.25, 0.3) is 0 Å². The quantitative estimate of drug-likeness (QED) is 0.833. The molecule has 0 aromatic rings. The molecule has 0 amide bonds. The van der Waals surface area contributed by atoms with Crippen molar-refractivity contribution in [1.82, 2.24) is 4.90 Å². The van der Waals surface area contributed by atoms with Crippen LogP contribution in [0.3, 0.4) is 0 Å². The predicted octanol–water partition coefficient (Wildman–Crippen LogP) is 2.49. The number of nitrogens with zero attached hydrogens (tertiary/aromatic N) is 1. The molecule has 5 heteroatoms. The van der Waals surface area contributed by atoms with Crippen LogP contribution in [0, 0.1) is 17.8 Å². The van der Waals surface area contributed by atoms with Crippen LogP contribution in [0.15, 0.2) is 0 Å². The fourth-order valence-electron chi connectivity index (χ4n) is 2.33. The molecule has 0 saturated carbocycles. The predicted molar refractivity (Wildman–Crippen MR) is 62.6 cm³/mol. The molecule has 1 heterocycles. The van der Waals surface area contributed by atoms with Crippen molar-refractivity contribution in [2.45, 2.75) is 32.9 Å². The van der Waals surface area contributed by atoms with Gasteiger partial charge in [-0.2, -0.15) is 13.2 Å². The molecule has 102 valence electrons. The third-order valence-corrected chi connectivity index (χ3v) is 3.79. The third kappa shape index (κ3) is 4.47. The number of hydrogen-bond acceptors (Lipinski definition) is 2. The zero-order chi connectivity index (χ0) is 13.1. The summed E-state index contributed by atoms with van der Waals surface area (Å²) in [6, 6.07) is 0. The maximum atomic E-state index is 12.5. The Bertz CT molecular complexity index is 220. The summed E-state index contributed by atoms with van der Waals surface area (Å²) in [5, 5.41) is 0. The molecule has 1 aliphatic rings. The van der Waals surface area contributed by atoms with E-state index >= 15 is 0 Å². The average molecular weight is 252 g/mol. The highest BCUT2D eigenvalue weighted by atomic mass is 19.4. The Morgan fingerprint density at radius 3 is 2.12 bits per heavy atom. The van der Waals surface area contributed by atoms with E-state index in [2.05, 4.69) is 18.7 Å². The van der Waals surface area contributed by atoms with Crippen LogP contribution >= 0.6 is 0 Å². The molecule has 1 rings (SSSR count). The Morgan fingerprint density at radius 1 is 1.24 bits per heavy atom. The minimum atomic E-state index is -4.02. The molecule has 0 bridgehead atoms. The molecule has 2 N–H and O–H groups in total. The summed E-state index contributed by atoms with van der Waals surface area (Å²) in [5.41, 5.74) is 5.68. The first-order valence-corrected chi connectivity index (χ1v) is 6.33. The van der Waals surface area contributed by atoms with E-state index < -0.39 is 12.1 Å². The monoisotopic (exact) mass is 252 g/mol. The van der Waals surface area contributed by atoms with Gasteiger partial charge in [-0.3, -0.25) is 0 Å². The molecule has 17 heavy (non-hydrogen) atoms. The molecule has 1 unspecified atom stereocenters. The fraction of sp³-hybridized carbons (Fsp3) is 1.00. The molecule has 0 radical (unpaired) electrons. The summed E-state index contributed by atoms with van der Waals surface area (Å²) in [4.78, 5) is 2.12. The molecule has 2 nitrogen and oxygen atoms in total. The van der Waals surface area contributed by atoms with Crippen LogP contribution < -0.4 is 5.73 Å². The minimum absolute atomic E-state index is 0.235. The lowest BCUT2D eigenvalue weighted by Crippen LogP contribution is -2.43. The minimum Gasteiger partial charge on any atom is -0.330 e. The van der Waals surface area contributed by atoms with Gasteiger partial charge in [0.25, 0.3) is 0 Å². The summed E-state index contributed by atoms with van der Waals surface area (Å²) in [5.74, 6) is -0.230. The molecule has 1 fully saturated rings. The van der Waals surface area contributed by atoms with Crippen molar-refractivity contribution < 1.29 is 13.2 Å². The highest BCUT2D eigenvalue weighted by molar-refractivity contribution is 4.79. The van der Waals surface area contributed by atoms with Gasteiger partial charge in [0.1, 0.15) is 0 Å². The van der Waals surface area contributed by atoms with E-state index in [4.69, 9.17) is 5.73 Å². The van der Waals surface area contributed by atoms with E-state index in [1.54, 1.807) is 0 Å². The standard InChI is InChI=1S/C12H23F3N2/c1-9(2)10(7-16)8-17-5-3-11(4-6-17)12(13,14)15/h9-11H,3-8,16H2,1-2H3. The first kappa shape index (κ1) is 14.8. The van der Waals surface area contributed by atoms with Crippen molar-refractivity contribution in [3.8, 4) is 0 Å². The van der Waals surface area contributed by atoms with Gasteiger partial charge < -0.3 is 10.6 Å². The molecule has 0 aromatic carbocycles. The zero-order valence-electron chi connectivity index (χ0n) is 10.6. The summed E-state index contributed by atoms with van der Waals surface area (Å²) in [6.07, 6.45) is -3.55. The van der Waals surface area contributed by atoms with Crippen molar-refractivity contribution >= 4 is 0 Å². The fourth-order valence-corrected chi connectivity index (χ4v) is 2.33. The zero-order valence-corrected chi connectivity index (χ0v) is 10.6. The molecular formula is C12H23F3N2.